The fourth-order valence-electron chi connectivity index (χ4n) is 2.96. The van der Waals surface area contributed by atoms with Gasteiger partial charge in [-0.2, -0.15) is 0 Å². The van der Waals surface area contributed by atoms with Crippen LogP contribution in [0.1, 0.15) is 42.2 Å². The molecule has 1 aliphatic rings. The van der Waals surface area contributed by atoms with Crippen LogP contribution >= 0.6 is 0 Å². The minimum Gasteiger partial charge on any atom is -0.387 e. The van der Waals surface area contributed by atoms with Gasteiger partial charge in [0.25, 0.3) is 0 Å². The van der Waals surface area contributed by atoms with E-state index in [4.69, 9.17) is 0 Å². The van der Waals surface area contributed by atoms with Crippen LogP contribution < -0.4 is 10.6 Å². The summed E-state index contributed by atoms with van der Waals surface area (Å²) in [7, 11) is 0. The lowest BCUT2D eigenvalue weighted by molar-refractivity contribution is -0.116. The van der Waals surface area contributed by atoms with Gasteiger partial charge in [-0.15, -0.1) is 0 Å². The number of benzene rings is 2. The van der Waals surface area contributed by atoms with Gasteiger partial charge < -0.3 is 15.7 Å². The molecular formula is C19H20F2N2O2. The first kappa shape index (κ1) is 17.5. The van der Waals surface area contributed by atoms with E-state index in [2.05, 4.69) is 10.6 Å². The summed E-state index contributed by atoms with van der Waals surface area (Å²) in [4.78, 5) is 11.4. The third kappa shape index (κ3) is 4.03. The smallest absolute Gasteiger partial charge is 0.224 e. The van der Waals surface area contributed by atoms with Crippen LogP contribution in [0.15, 0.2) is 36.4 Å². The fraction of sp³-hybridized carbons (Fsp3) is 0.316. The van der Waals surface area contributed by atoms with Gasteiger partial charge in [-0.3, -0.25) is 4.79 Å². The summed E-state index contributed by atoms with van der Waals surface area (Å²) < 4.78 is 26.7. The van der Waals surface area contributed by atoms with Crippen molar-refractivity contribution in [3.05, 3.63) is 64.7 Å². The van der Waals surface area contributed by atoms with E-state index < -0.39 is 17.7 Å². The predicted molar refractivity (Wildman–Crippen MR) is 91.1 cm³/mol. The zero-order chi connectivity index (χ0) is 18.0. The van der Waals surface area contributed by atoms with Gasteiger partial charge in [-0.1, -0.05) is 18.2 Å². The van der Waals surface area contributed by atoms with Crippen LogP contribution in [0.5, 0.6) is 0 Å². The molecule has 3 rings (SSSR count). The first-order valence-corrected chi connectivity index (χ1v) is 8.23. The van der Waals surface area contributed by atoms with Crippen molar-refractivity contribution in [3.63, 3.8) is 0 Å². The zero-order valence-corrected chi connectivity index (χ0v) is 13.9. The number of fused-ring (bicyclic) bond motifs is 1. The molecule has 1 aliphatic heterocycles. The lowest BCUT2D eigenvalue weighted by Gasteiger charge is -2.21. The zero-order valence-electron chi connectivity index (χ0n) is 13.9. The van der Waals surface area contributed by atoms with Crippen molar-refractivity contribution in [2.45, 2.75) is 31.9 Å². The number of aliphatic hydroxyl groups is 1. The molecule has 4 nitrogen and oxygen atoms in total. The molecule has 1 amide bonds. The number of hydrogen-bond donors (Lipinski definition) is 3. The normalized spacial score (nSPS) is 16.1. The van der Waals surface area contributed by atoms with Gasteiger partial charge in [0.15, 0.2) is 0 Å². The lowest BCUT2D eigenvalue weighted by Crippen LogP contribution is -2.26. The Morgan fingerprint density at radius 2 is 2.00 bits per heavy atom. The predicted octanol–water partition coefficient (Wildman–Crippen LogP) is 3.23. The summed E-state index contributed by atoms with van der Waals surface area (Å²) in [5, 5.41) is 16.1. The van der Waals surface area contributed by atoms with Crippen molar-refractivity contribution in [1.29, 1.82) is 0 Å². The number of aryl methyl sites for hydroxylation is 1. The molecule has 0 radical (unpaired) electrons. The molecule has 0 aromatic heterocycles. The summed E-state index contributed by atoms with van der Waals surface area (Å²) in [6.07, 6.45) is 0.103. The molecule has 2 aromatic carbocycles. The molecule has 3 N–H and O–H groups in total. The standard InChI is InChI=1S/C19H20F2N2O2/c1-11(12-2-6-17-13(8-12)3-7-19(25)23-17)22-10-18(24)15-5-4-14(20)9-16(15)21/h2,4-6,8-9,11,18,22,24H,3,7,10H2,1H3,(H,23,25). The van der Waals surface area contributed by atoms with Gasteiger partial charge in [-0.05, 0) is 36.6 Å². The average Bonchev–Trinajstić information content (AvgIpc) is 2.58. The summed E-state index contributed by atoms with van der Waals surface area (Å²) >= 11 is 0. The van der Waals surface area contributed by atoms with Crippen LogP contribution in [0.3, 0.4) is 0 Å². The molecule has 6 heteroatoms. The van der Waals surface area contributed by atoms with Crippen LogP contribution in [0.2, 0.25) is 0 Å². The second-order valence-corrected chi connectivity index (χ2v) is 6.28. The number of amides is 1. The Kier molecular flexibility index (Phi) is 5.11. The largest absolute Gasteiger partial charge is 0.387 e. The average molecular weight is 346 g/mol. The van der Waals surface area contributed by atoms with Crippen molar-refractivity contribution in [2.24, 2.45) is 0 Å². The van der Waals surface area contributed by atoms with Gasteiger partial charge in [0.2, 0.25) is 5.91 Å². The minimum absolute atomic E-state index is 0.0240. The van der Waals surface area contributed by atoms with E-state index in [-0.39, 0.29) is 24.1 Å². The van der Waals surface area contributed by atoms with Gasteiger partial charge >= 0.3 is 0 Å². The van der Waals surface area contributed by atoms with Crippen LogP contribution in [-0.2, 0) is 11.2 Å². The van der Waals surface area contributed by atoms with Crippen LogP contribution in [0, 0.1) is 11.6 Å². The highest BCUT2D eigenvalue weighted by Crippen LogP contribution is 2.26. The molecule has 1 heterocycles. The highest BCUT2D eigenvalue weighted by Gasteiger charge is 2.18. The van der Waals surface area contributed by atoms with Crippen molar-refractivity contribution >= 4 is 11.6 Å². The van der Waals surface area contributed by atoms with Crippen molar-refractivity contribution in [2.75, 3.05) is 11.9 Å². The molecule has 0 saturated heterocycles. The van der Waals surface area contributed by atoms with Crippen LogP contribution in [-0.4, -0.2) is 17.6 Å². The Balaban J connectivity index is 1.64. The molecule has 132 valence electrons. The first-order valence-electron chi connectivity index (χ1n) is 8.23. The Hall–Kier alpha value is -2.31. The molecule has 0 aliphatic carbocycles. The van der Waals surface area contributed by atoms with Crippen molar-refractivity contribution < 1.29 is 18.7 Å². The maximum atomic E-state index is 13.7. The van der Waals surface area contributed by atoms with E-state index in [1.54, 1.807) is 0 Å². The number of anilines is 1. The van der Waals surface area contributed by atoms with E-state index in [0.29, 0.717) is 12.8 Å². The molecule has 0 bridgehead atoms. The van der Waals surface area contributed by atoms with E-state index in [9.17, 15) is 18.7 Å². The number of rotatable bonds is 5. The maximum Gasteiger partial charge on any atom is 0.224 e. The van der Waals surface area contributed by atoms with Crippen LogP contribution in [0.4, 0.5) is 14.5 Å². The van der Waals surface area contributed by atoms with E-state index in [1.165, 1.54) is 6.07 Å². The van der Waals surface area contributed by atoms with Crippen LogP contribution in [0.25, 0.3) is 0 Å². The Bertz CT molecular complexity index is 795. The number of carbonyl (C=O) groups excluding carboxylic acids is 1. The van der Waals surface area contributed by atoms with Crippen molar-refractivity contribution in [3.8, 4) is 0 Å². The highest BCUT2D eigenvalue weighted by atomic mass is 19.1. The summed E-state index contributed by atoms with van der Waals surface area (Å²) in [6, 6.07) is 8.88. The molecule has 0 saturated carbocycles. The highest BCUT2D eigenvalue weighted by molar-refractivity contribution is 5.93. The SMILES string of the molecule is CC(NCC(O)c1ccc(F)cc1F)c1ccc2c(c1)CCC(=O)N2. The first-order chi connectivity index (χ1) is 11.9. The molecule has 0 fully saturated rings. The molecule has 25 heavy (non-hydrogen) atoms. The topological polar surface area (TPSA) is 61.4 Å². The molecule has 2 aromatic rings. The quantitative estimate of drug-likeness (QED) is 0.779. The van der Waals surface area contributed by atoms with E-state index in [1.807, 2.05) is 25.1 Å². The lowest BCUT2D eigenvalue weighted by atomic mass is 9.97. The second kappa shape index (κ2) is 7.29. The number of halogens is 2. The van der Waals surface area contributed by atoms with E-state index in [0.717, 1.165) is 28.9 Å². The maximum absolute atomic E-state index is 13.7. The van der Waals surface area contributed by atoms with Gasteiger partial charge in [0, 0.05) is 36.3 Å². The summed E-state index contributed by atoms with van der Waals surface area (Å²) in [5.41, 5.74) is 2.99. The molecule has 2 atom stereocenters. The third-order valence-electron chi connectivity index (χ3n) is 4.46. The fourth-order valence-corrected chi connectivity index (χ4v) is 2.96. The molecular weight excluding hydrogens is 326 g/mol. The monoisotopic (exact) mass is 346 g/mol. The number of hydrogen-bond acceptors (Lipinski definition) is 3. The Morgan fingerprint density at radius 1 is 1.20 bits per heavy atom. The van der Waals surface area contributed by atoms with Gasteiger partial charge in [0.05, 0.1) is 6.10 Å². The minimum atomic E-state index is -1.07. The summed E-state index contributed by atoms with van der Waals surface area (Å²) in [5.74, 6) is -1.40. The van der Waals surface area contributed by atoms with E-state index >= 15 is 0 Å². The third-order valence-corrected chi connectivity index (χ3v) is 4.46. The second-order valence-electron chi connectivity index (χ2n) is 6.28. The Morgan fingerprint density at radius 3 is 2.76 bits per heavy atom. The Labute approximate surface area is 144 Å². The number of aliphatic hydroxyl groups excluding tert-OH is 1. The van der Waals surface area contributed by atoms with Crippen molar-refractivity contribution in [1.82, 2.24) is 5.32 Å². The molecule has 2 unspecified atom stereocenters. The number of nitrogens with one attached hydrogen (secondary N) is 2. The van der Waals surface area contributed by atoms with Gasteiger partial charge in [0.1, 0.15) is 11.6 Å². The molecule has 0 spiro atoms. The van der Waals surface area contributed by atoms with Gasteiger partial charge in [-0.25, -0.2) is 8.78 Å². The number of carbonyl (C=O) groups is 1. The summed E-state index contributed by atoms with van der Waals surface area (Å²) in [6.45, 7) is 2.08.